The highest BCUT2D eigenvalue weighted by Crippen LogP contribution is 2.30. The van der Waals surface area contributed by atoms with E-state index in [-0.39, 0.29) is 11.9 Å². The molecular weight excluding hydrogens is 417 g/mol. The van der Waals surface area contributed by atoms with Crippen LogP contribution in [0.5, 0.6) is 0 Å². The maximum atomic E-state index is 15.0. The molecule has 168 valence electrons. The molecule has 1 fully saturated rings. The van der Waals surface area contributed by atoms with Crippen molar-refractivity contribution in [3.8, 4) is 0 Å². The fraction of sp³-hybridized carbons (Fsp3) is 0.280. The SMILES string of the molecule is Fc1ccccc1C(c1nnnn1Cc1ccccc1)N1CCN(Cc2ccncc2)CC1. The van der Waals surface area contributed by atoms with Crippen LogP contribution < -0.4 is 0 Å². The van der Waals surface area contributed by atoms with Gasteiger partial charge in [0.05, 0.1) is 6.54 Å². The summed E-state index contributed by atoms with van der Waals surface area (Å²) in [6.07, 6.45) is 3.65. The number of hydrogen-bond acceptors (Lipinski definition) is 6. The molecule has 0 bridgehead atoms. The number of aromatic nitrogens is 5. The Labute approximate surface area is 192 Å². The zero-order chi connectivity index (χ0) is 22.5. The molecule has 1 aliphatic heterocycles. The first-order chi connectivity index (χ1) is 16.3. The Morgan fingerprint density at radius 3 is 2.24 bits per heavy atom. The van der Waals surface area contributed by atoms with Gasteiger partial charge in [-0.3, -0.25) is 14.8 Å². The lowest BCUT2D eigenvalue weighted by Crippen LogP contribution is -2.48. The van der Waals surface area contributed by atoms with Crippen LogP contribution in [0.15, 0.2) is 79.1 Å². The van der Waals surface area contributed by atoms with E-state index < -0.39 is 0 Å². The summed E-state index contributed by atoms with van der Waals surface area (Å²) in [4.78, 5) is 8.80. The van der Waals surface area contributed by atoms with Crippen molar-refractivity contribution in [3.63, 3.8) is 0 Å². The highest BCUT2D eigenvalue weighted by molar-refractivity contribution is 5.27. The lowest BCUT2D eigenvalue weighted by atomic mass is 10.0. The van der Waals surface area contributed by atoms with Gasteiger partial charge in [-0.2, -0.15) is 0 Å². The van der Waals surface area contributed by atoms with Crippen LogP contribution in [0.2, 0.25) is 0 Å². The molecule has 7 nitrogen and oxygen atoms in total. The Hall–Kier alpha value is -3.49. The van der Waals surface area contributed by atoms with Crippen LogP contribution in [-0.2, 0) is 13.1 Å². The van der Waals surface area contributed by atoms with Gasteiger partial charge in [-0.15, -0.1) is 5.10 Å². The fourth-order valence-corrected chi connectivity index (χ4v) is 4.40. The number of benzene rings is 2. The summed E-state index contributed by atoms with van der Waals surface area (Å²) >= 11 is 0. The maximum absolute atomic E-state index is 15.0. The molecular formula is C25H26FN7. The molecule has 2 aromatic heterocycles. The van der Waals surface area contributed by atoms with Gasteiger partial charge in [-0.1, -0.05) is 48.5 Å². The van der Waals surface area contributed by atoms with Crippen LogP contribution in [-0.4, -0.2) is 61.2 Å². The van der Waals surface area contributed by atoms with E-state index in [1.165, 1.54) is 11.6 Å². The molecule has 0 N–H and O–H groups in total. The van der Waals surface area contributed by atoms with Crippen molar-refractivity contribution in [2.45, 2.75) is 19.1 Å². The molecule has 33 heavy (non-hydrogen) atoms. The minimum atomic E-state index is -0.354. The highest BCUT2D eigenvalue weighted by Gasteiger charge is 2.32. The van der Waals surface area contributed by atoms with Gasteiger partial charge >= 0.3 is 0 Å². The quantitative estimate of drug-likeness (QED) is 0.437. The maximum Gasteiger partial charge on any atom is 0.173 e. The van der Waals surface area contributed by atoms with Crippen LogP contribution in [0.1, 0.15) is 28.6 Å². The minimum Gasteiger partial charge on any atom is -0.297 e. The van der Waals surface area contributed by atoms with Gasteiger partial charge in [-0.25, -0.2) is 9.07 Å². The van der Waals surface area contributed by atoms with Crippen LogP contribution >= 0.6 is 0 Å². The molecule has 2 aromatic carbocycles. The van der Waals surface area contributed by atoms with E-state index in [2.05, 4.69) is 30.3 Å². The normalized spacial score (nSPS) is 16.0. The number of rotatable bonds is 7. The van der Waals surface area contributed by atoms with Crippen molar-refractivity contribution in [1.29, 1.82) is 0 Å². The summed E-state index contributed by atoms with van der Waals surface area (Å²) in [6, 6.07) is 20.7. The lowest BCUT2D eigenvalue weighted by Gasteiger charge is -2.39. The smallest absolute Gasteiger partial charge is 0.173 e. The number of tetrazole rings is 1. The molecule has 1 aliphatic rings. The van der Waals surface area contributed by atoms with Crippen LogP contribution in [0, 0.1) is 5.82 Å². The van der Waals surface area contributed by atoms with Crippen LogP contribution in [0.4, 0.5) is 4.39 Å². The average Bonchev–Trinajstić information content (AvgIpc) is 3.30. The Morgan fingerprint density at radius 1 is 0.788 bits per heavy atom. The van der Waals surface area contributed by atoms with Crippen molar-refractivity contribution >= 4 is 0 Å². The van der Waals surface area contributed by atoms with Crippen molar-refractivity contribution in [1.82, 2.24) is 35.0 Å². The van der Waals surface area contributed by atoms with Crippen LogP contribution in [0.25, 0.3) is 0 Å². The first kappa shape index (κ1) is 21.4. The number of pyridine rings is 1. The van der Waals surface area contributed by atoms with Gasteiger partial charge in [0, 0.05) is 50.7 Å². The standard InChI is InChI=1S/C25H26FN7/c26-23-9-5-4-8-22(23)24(25-28-29-30-33(25)19-20-6-2-1-3-7-20)32-16-14-31(15-17-32)18-21-10-12-27-13-11-21/h1-13,24H,14-19H2. The third-order valence-electron chi connectivity index (χ3n) is 6.11. The van der Waals surface area contributed by atoms with E-state index in [4.69, 9.17) is 0 Å². The molecule has 0 radical (unpaired) electrons. The largest absolute Gasteiger partial charge is 0.297 e. The molecule has 0 amide bonds. The van der Waals surface area contributed by atoms with Gasteiger partial charge in [0.15, 0.2) is 5.82 Å². The van der Waals surface area contributed by atoms with Gasteiger partial charge in [-0.05, 0) is 39.8 Å². The molecule has 1 saturated heterocycles. The van der Waals surface area contributed by atoms with E-state index in [9.17, 15) is 4.39 Å². The van der Waals surface area contributed by atoms with Gasteiger partial charge in [0.2, 0.25) is 0 Å². The zero-order valence-electron chi connectivity index (χ0n) is 18.3. The summed E-state index contributed by atoms with van der Waals surface area (Å²) in [6.45, 7) is 4.77. The molecule has 0 aliphatic carbocycles. The van der Waals surface area contributed by atoms with Crippen LogP contribution in [0.3, 0.4) is 0 Å². The Bertz CT molecular complexity index is 1160. The van der Waals surface area contributed by atoms with Crippen molar-refractivity contribution in [2.75, 3.05) is 26.2 Å². The summed E-state index contributed by atoms with van der Waals surface area (Å²) in [5, 5.41) is 12.6. The second kappa shape index (κ2) is 9.97. The van der Waals surface area contributed by atoms with Gasteiger partial charge in [0.25, 0.3) is 0 Å². The van der Waals surface area contributed by atoms with Gasteiger partial charge in [0.1, 0.15) is 11.9 Å². The predicted octanol–water partition coefficient (Wildman–Crippen LogP) is 3.16. The third kappa shape index (κ3) is 4.97. The number of halogens is 1. The summed E-state index contributed by atoms with van der Waals surface area (Å²) in [7, 11) is 0. The van der Waals surface area contributed by atoms with Crippen molar-refractivity contribution in [3.05, 3.63) is 107 Å². The molecule has 5 rings (SSSR count). The van der Waals surface area contributed by atoms with E-state index in [0.29, 0.717) is 17.9 Å². The molecule has 1 unspecified atom stereocenters. The molecule has 8 heteroatoms. The second-order valence-electron chi connectivity index (χ2n) is 8.27. The topological polar surface area (TPSA) is 63.0 Å². The Morgan fingerprint density at radius 2 is 1.48 bits per heavy atom. The number of piperazine rings is 1. The molecule has 3 heterocycles. The number of nitrogens with zero attached hydrogens (tertiary/aromatic N) is 7. The first-order valence-electron chi connectivity index (χ1n) is 11.2. The lowest BCUT2D eigenvalue weighted by molar-refractivity contribution is 0.0990. The van der Waals surface area contributed by atoms with E-state index in [1.807, 2.05) is 67.0 Å². The third-order valence-corrected chi connectivity index (χ3v) is 6.11. The molecule has 0 spiro atoms. The van der Waals surface area contributed by atoms with E-state index >= 15 is 0 Å². The summed E-state index contributed by atoms with van der Waals surface area (Å²) in [5.41, 5.74) is 2.95. The van der Waals surface area contributed by atoms with E-state index in [1.54, 1.807) is 10.7 Å². The van der Waals surface area contributed by atoms with Gasteiger partial charge < -0.3 is 0 Å². The van der Waals surface area contributed by atoms with Crippen molar-refractivity contribution in [2.24, 2.45) is 0 Å². The molecule has 1 atom stereocenters. The number of hydrogen-bond donors (Lipinski definition) is 0. The second-order valence-corrected chi connectivity index (χ2v) is 8.27. The molecule has 4 aromatic rings. The molecule has 0 saturated carbocycles. The van der Waals surface area contributed by atoms with E-state index in [0.717, 1.165) is 38.3 Å². The average molecular weight is 444 g/mol. The monoisotopic (exact) mass is 443 g/mol. The fourth-order valence-electron chi connectivity index (χ4n) is 4.40. The van der Waals surface area contributed by atoms with Crippen molar-refractivity contribution < 1.29 is 4.39 Å². The Balaban J connectivity index is 1.39. The summed E-state index contributed by atoms with van der Waals surface area (Å²) in [5.74, 6) is 0.419. The first-order valence-corrected chi connectivity index (χ1v) is 11.2. The zero-order valence-corrected chi connectivity index (χ0v) is 18.3. The minimum absolute atomic E-state index is 0.240. The summed E-state index contributed by atoms with van der Waals surface area (Å²) < 4.78 is 16.8. The highest BCUT2D eigenvalue weighted by atomic mass is 19.1. The Kier molecular flexibility index (Phi) is 6.46. The predicted molar refractivity (Wildman–Crippen MR) is 123 cm³/mol.